The summed E-state index contributed by atoms with van der Waals surface area (Å²) in [6.45, 7) is 5.67. The number of benzene rings is 3. The average Bonchev–Trinajstić information content (AvgIpc) is 2.74. The van der Waals surface area contributed by atoms with Crippen molar-refractivity contribution in [3.8, 4) is 11.5 Å². The highest BCUT2D eigenvalue weighted by Gasteiger charge is 2.21. The Morgan fingerprint density at radius 2 is 1.43 bits per heavy atom. The first-order chi connectivity index (χ1) is 13.7. The fraction of sp³-hybridized carbons (Fsp3) is 0.174. The SMILES string of the molecule is CCOCC.O=C(O)c1cccc2c1Oc1ccccc1N2.c1ccccc1. The molecule has 0 saturated heterocycles. The lowest BCUT2D eigenvalue weighted by atomic mass is 10.1. The lowest BCUT2D eigenvalue weighted by molar-refractivity contribution is 0.0694. The number of rotatable bonds is 3. The van der Waals surface area contributed by atoms with Crippen LogP contribution in [0.5, 0.6) is 11.5 Å². The molecule has 3 aromatic carbocycles. The molecule has 3 aromatic rings. The molecule has 28 heavy (non-hydrogen) atoms. The van der Waals surface area contributed by atoms with Crippen LogP contribution in [0.25, 0.3) is 0 Å². The van der Waals surface area contributed by atoms with Crippen LogP contribution < -0.4 is 10.1 Å². The van der Waals surface area contributed by atoms with E-state index >= 15 is 0 Å². The third-order valence-electron chi connectivity index (χ3n) is 3.69. The molecule has 0 bridgehead atoms. The first kappa shape index (κ1) is 21.0. The molecule has 0 amide bonds. The molecule has 0 aromatic heterocycles. The second kappa shape index (κ2) is 11.4. The Morgan fingerprint density at radius 1 is 0.857 bits per heavy atom. The van der Waals surface area contributed by atoms with Crippen molar-refractivity contribution in [2.75, 3.05) is 18.5 Å². The molecule has 0 saturated carbocycles. The van der Waals surface area contributed by atoms with Gasteiger partial charge in [-0.2, -0.15) is 0 Å². The van der Waals surface area contributed by atoms with Gasteiger partial charge in [0.15, 0.2) is 11.5 Å². The highest BCUT2D eigenvalue weighted by atomic mass is 16.5. The Kier molecular flexibility index (Phi) is 8.56. The van der Waals surface area contributed by atoms with Crippen LogP contribution in [0.1, 0.15) is 24.2 Å². The summed E-state index contributed by atoms with van der Waals surface area (Å²) in [6, 6.07) is 24.4. The zero-order valence-electron chi connectivity index (χ0n) is 16.1. The van der Waals surface area contributed by atoms with E-state index in [9.17, 15) is 4.79 Å². The molecular formula is C23H25NO4. The molecule has 146 valence electrons. The summed E-state index contributed by atoms with van der Waals surface area (Å²) in [5.41, 5.74) is 1.66. The maximum atomic E-state index is 11.1. The van der Waals surface area contributed by atoms with Gasteiger partial charge in [-0.1, -0.05) is 54.6 Å². The molecule has 4 rings (SSSR count). The van der Waals surface area contributed by atoms with Gasteiger partial charge in [-0.3, -0.25) is 0 Å². The van der Waals surface area contributed by atoms with Crippen molar-refractivity contribution in [1.29, 1.82) is 0 Å². The molecule has 0 spiro atoms. The second-order valence-corrected chi connectivity index (χ2v) is 5.65. The summed E-state index contributed by atoms with van der Waals surface area (Å²) in [4.78, 5) is 11.1. The number of ether oxygens (including phenoxy) is 2. The first-order valence-corrected chi connectivity index (χ1v) is 9.15. The number of carboxylic acid groups (broad SMARTS) is 1. The van der Waals surface area contributed by atoms with Crippen molar-refractivity contribution in [3.05, 3.63) is 84.4 Å². The normalized spacial score (nSPS) is 10.4. The predicted molar refractivity (Wildman–Crippen MR) is 112 cm³/mol. The van der Waals surface area contributed by atoms with Gasteiger partial charge in [0.25, 0.3) is 0 Å². The number of hydrogen-bond donors (Lipinski definition) is 2. The van der Waals surface area contributed by atoms with Gasteiger partial charge in [0, 0.05) is 13.2 Å². The molecule has 0 radical (unpaired) electrons. The Morgan fingerprint density at radius 3 is 1.96 bits per heavy atom. The van der Waals surface area contributed by atoms with Crippen LogP contribution in [0.15, 0.2) is 78.9 Å². The maximum absolute atomic E-state index is 11.1. The van der Waals surface area contributed by atoms with Crippen LogP contribution in [0.3, 0.4) is 0 Å². The maximum Gasteiger partial charge on any atom is 0.339 e. The Balaban J connectivity index is 0.000000210. The lowest BCUT2D eigenvalue weighted by Gasteiger charge is -2.22. The minimum absolute atomic E-state index is 0.157. The molecule has 0 unspecified atom stereocenters. The van der Waals surface area contributed by atoms with Crippen molar-refractivity contribution in [2.24, 2.45) is 0 Å². The second-order valence-electron chi connectivity index (χ2n) is 5.65. The van der Waals surface area contributed by atoms with Gasteiger partial charge in [-0.15, -0.1) is 0 Å². The summed E-state index contributed by atoms with van der Waals surface area (Å²) >= 11 is 0. The largest absolute Gasteiger partial charge is 0.478 e. The fourth-order valence-electron chi connectivity index (χ4n) is 2.42. The van der Waals surface area contributed by atoms with Gasteiger partial charge in [0.1, 0.15) is 5.56 Å². The predicted octanol–water partition coefficient (Wildman–Crippen LogP) is 5.96. The van der Waals surface area contributed by atoms with Crippen LogP contribution in [-0.2, 0) is 4.74 Å². The van der Waals surface area contributed by atoms with E-state index in [0.29, 0.717) is 17.2 Å². The topological polar surface area (TPSA) is 67.8 Å². The number of aromatic carboxylic acids is 1. The number of para-hydroxylation sites is 3. The van der Waals surface area contributed by atoms with E-state index in [1.807, 2.05) is 68.4 Å². The van der Waals surface area contributed by atoms with Gasteiger partial charge in [-0.05, 0) is 38.1 Å². The smallest absolute Gasteiger partial charge is 0.339 e. The van der Waals surface area contributed by atoms with Crippen molar-refractivity contribution in [2.45, 2.75) is 13.8 Å². The van der Waals surface area contributed by atoms with Crippen molar-refractivity contribution in [1.82, 2.24) is 0 Å². The van der Waals surface area contributed by atoms with Crippen LogP contribution >= 0.6 is 0 Å². The van der Waals surface area contributed by atoms with Gasteiger partial charge in [0.2, 0.25) is 0 Å². The highest BCUT2D eigenvalue weighted by Crippen LogP contribution is 2.43. The minimum atomic E-state index is -0.997. The third kappa shape index (κ3) is 6.14. The number of carbonyl (C=O) groups is 1. The third-order valence-corrected chi connectivity index (χ3v) is 3.69. The highest BCUT2D eigenvalue weighted by molar-refractivity contribution is 5.95. The zero-order chi connectivity index (χ0) is 20.2. The number of hydrogen-bond acceptors (Lipinski definition) is 4. The molecule has 5 nitrogen and oxygen atoms in total. The van der Waals surface area contributed by atoms with Crippen LogP contribution in [0, 0.1) is 0 Å². The average molecular weight is 379 g/mol. The van der Waals surface area contributed by atoms with E-state index in [0.717, 1.165) is 18.9 Å². The summed E-state index contributed by atoms with van der Waals surface area (Å²) in [7, 11) is 0. The Labute approximate surface area is 165 Å². The zero-order valence-corrected chi connectivity index (χ0v) is 16.1. The van der Waals surface area contributed by atoms with Crippen molar-refractivity contribution in [3.63, 3.8) is 0 Å². The van der Waals surface area contributed by atoms with Crippen LogP contribution in [0.4, 0.5) is 11.4 Å². The monoisotopic (exact) mass is 379 g/mol. The molecule has 1 aliphatic heterocycles. The molecule has 0 aliphatic carbocycles. The quantitative estimate of drug-likeness (QED) is 0.459. The number of carboxylic acids is 1. The lowest BCUT2D eigenvalue weighted by Crippen LogP contribution is -2.07. The molecule has 5 heteroatoms. The van der Waals surface area contributed by atoms with Gasteiger partial charge >= 0.3 is 5.97 Å². The fourth-order valence-corrected chi connectivity index (χ4v) is 2.42. The van der Waals surface area contributed by atoms with Crippen molar-refractivity contribution < 1.29 is 19.4 Å². The summed E-state index contributed by atoms with van der Waals surface area (Å²) < 4.78 is 10.5. The summed E-state index contributed by atoms with van der Waals surface area (Å²) in [5.74, 6) is -0.00423. The summed E-state index contributed by atoms with van der Waals surface area (Å²) in [6.07, 6.45) is 0. The van der Waals surface area contributed by atoms with Crippen LogP contribution in [-0.4, -0.2) is 24.3 Å². The van der Waals surface area contributed by atoms with Gasteiger partial charge in [0.05, 0.1) is 11.4 Å². The van der Waals surface area contributed by atoms with Crippen LogP contribution in [0.2, 0.25) is 0 Å². The molecule has 0 atom stereocenters. The van der Waals surface area contributed by atoms with E-state index in [-0.39, 0.29) is 5.56 Å². The molecule has 1 heterocycles. The van der Waals surface area contributed by atoms with E-state index in [1.54, 1.807) is 18.2 Å². The number of nitrogens with one attached hydrogen (secondary N) is 1. The van der Waals surface area contributed by atoms with E-state index in [4.69, 9.17) is 14.6 Å². The molecule has 2 N–H and O–H groups in total. The number of anilines is 2. The van der Waals surface area contributed by atoms with Gasteiger partial charge in [-0.25, -0.2) is 4.79 Å². The Bertz CT molecular complexity index is 837. The molecular weight excluding hydrogens is 354 g/mol. The van der Waals surface area contributed by atoms with E-state index < -0.39 is 5.97 Å². The van der Waals surface area contributed by atoms with E-state index in [1.165, 1.54) is 6.07 Å². The standard InChI is InChI=1S/C13H9NO3.C6H6.C4H10O/c15-13(16)8-4-3-6-10-12(8)17-11-7-2-1-5-9(11)14-10;1-2-4-6-5-3-1;1-3-5-4-2/h1-7,14H,(H,15,16);1-6H;3-4H2,1-2H3. The molecule has 1 aliphatic rings. The Hall–Kier alpha value is -3.31. The first-order valence-electron chi connectivity index (χ1n) is 9.15. The van der Waals surface area contributed by atoms with E-state index in [2.05, 4.69) is 5.32 Å². The molecule has 0 fully saturated rings. The van der Waals surface area contributed by atoms with Gasteiger partial charge < -0.3 is 19.9 Å². The summed E-state index contributed by atoms with van der Waals surface area (Å²) in [5, 5.41) is 12.2. The minimum Gasteiger partial charge on any atom is -0.478 e. The number of fused-ring (bicyclic) bond motifs is 2. The van der Waals surface area contributed by atoms with Crippen molar-refractivity contribution >= 4 is 17.3 Å².